The predicted molar refractivity (Wildman–Crippen MR) is 96.9 cm³/mol. The fraction of sp³-hybridized carbons (Fsp3) is 0.381. The monoisotopic (exact) mass is 309 g/mol. The van der Waals surface area contributed by atoms with Crippen LogP contribution in [0.25, 0.3) is 0 Å². The minimum atomic E-state index is 0.0163. The van der Waals surface area contributed by atoms with E-state index in [9.17, 15) is 4.79 Å². The summed E-state index contributed by atoms with van der Waals surface area (Å²) in [7, 11) is 0. The van der Waals surface area contributed by atoms with Gasteiger partial charge in [0, 0.05) is 11.6 Å². The molecule has 1 atom stereocenters. The number of nitrogens with one attached hydrogen (secondary N) is 1. The average Bonchev–Trinajstić information content (AvgIpc) is 2.50. The van der Waals surface area contributed by atoms with Crippen LogP contribution in [0.2, 0.25) is 0 Å². The highest BCUT2D eigenvalue weighted by molar-refractivity contribution is 5.96. The molecular weight excluding hydrogens is 282 g/mol. The van der Waals surface area contributed by atoms with Gasteiger partial charge in [-0.25, -0.2) is 0 Å². The first-order chi connectivity index (χ1) is 10.8. The number of rotatable bonds is 5. The number of hydrogen-bond donors (Lipinski definition) is 1. The van der Waals surface area contributed by atoms with Crippen molar-refractivity contribution in [2.45, 2.75) is 52.5 Å². The first kappa shape index (κ1) is 17.3. The van der Waals surface area contributed by atoms with Gasteiger partial charge in [0.15, 0.2) is 0 Å². The number of benzene rings is 2. The minimum Gasteiger partial charge on any atom is -0.350 e. The molecule has 2 heteroatoms. The van der Waals surface area contributed by atoms with Gasteiger partial charge >= 0.3 is 0 Å². The third-order valence-corrected chi connectivity index (χ3v) is 4.39. The van der Waals surface area contributed by atoms with Crippen molar-refractivity contribution in [1.82, 2.24) is 5.32 Å². The molecule has 0 aliphatic rings. The number of amides is 1. The van der Waals surface area contributed by atoms with Crippen LogP contribution in [0.3, 0.4) is 0 Å². The molecule has 2 nitrogen and oxygen atoms in total. The molecule has 1 N–H and O–H groups in total. The summed E-state index contributed by atoms with van der Waals surface area (Å²) in [5.74, 6) is 0.0163. The zero-order valence-electron chi connectivity index (χ0n) is 14.8. The highest BCUT2D eigenvalue weighted by atomic mass is 16.1. The first-order valence-corrected chi connectivity index (χ1v) is 8.23. The summed E-state index contributed by atoms with van der Waals surface area (Å²) in [6, 6.07) is 16.6. The Morgan fingerprint density at radius 2 is 1.74 bits per heavy atom. The molecule has 0 bridgehead atoms. The van der Waals surface area contributed by atoms with E-state index >= 15 is 0 Å². The molecule has 0 spiro atoms. The molecule has 0 saturated carbocycles. The zero-order chi connectivity index (χ0) is 17.0. The van der Waals surface area contributed by atoms with Gasteiger partial charge in [0.2, 0.25) is 0 Å². The fourth-order valence-electron chi connectivity index (χ4n) is 3.11. The van der Waals surface area contributed by atoms with Crippen molar-refractivity contribution in [2.24, 2.45) is 0 Å². The van der Waals surface area contributed by atoms with Crippen molar-refractivity contribution in [3.05, 3.63) is 70.8 Å². The summed E-state index contributed by atoms with van der Waals surface area (Å²) in [6.07, 6.45) is 0.896. The quantitative estimate of drug-likeness (QED) is 0.845. The van der Waals surface area contributed by atoms with Gasteiger partial charge in [0.1, 0.15) is 0 Å². The Bertz CT molecular complexity index is 673. The standard InChI is InChI=1S/C21H27NO/c1-15-11-12-16(2)19(13-15)20(23)22-17(3)14-21(4,5)18-9-7-6-8-10-18/h6-13,17H,14H2,1-5H3,(H,22,23). The second-order valence-corrected chi connectivity index (χ2v) is 7.15. The van der Waals surface area contributed by atoms with Gasteiger partial charge in [0.25, 0.3) is 5.91 Å². The van der Waals surface area contributed by atoms with Crippen LogP contribution in [0.4, 0.5) is 0 Å². The fourth-order valence-corrected chi connectivity index (χ4v) is 3.11. The summed E-state index contributed by atoms with van der Waals surface area (Å²) in [5, 5.41) is 3.15. The summed E-state index contributed by atoms with van der Waals surface area (Å²) in [5.41, 5.74) is 4.22. The first-order valence-electron chi connectivity index (χ1n) is 8.23. The van der Waals surface area contributed by atoms with Crippen LogP contribution < -0.4 is 5.32 Å². The maximum absolute atomic E-state index is 12.5. The lowest BCUT2D eigenvalue weighted by molar-refractivity contribution is 0.0934. The summed E-state index contributed by atoms with van der Waals surface area (Å²) in [6.45, 7) is 10.5. The molecule has 0 fully saturated rings. The zero-order valence-corrected chi connectivity index (χ0v) is 14.8. The molecule has 1 amide bonds. The lowest BCUT2D eigenvalue weighted by atomic mass is 9.79. The average molecular weight is 309 g/mol. The molecule has 2 aromatic carbocycles. The van der Waals surface area contributed by atoms with E-state index in [0.29, 0.717) is 0 Å². The van der Waals surface area contributed by atoms with Gasteiger partial charge in [0.05, 0.1) is 0 Å². The Labute approximate surface area is 139 Å². The molecule has 23 heavy (non-hydrogen) atoms. The molecule has 0 saturated heterocycles. The highest BCUT2D eigenvalue weighted by Gasteiger charge is 2.24. The van der Waals surface area contributed by atoms with Gasteiger partial charge in [-0.3, -0.25) is 4.79 Å². The number of aryl methyl sites for hydroxylation is 2. The number of carbonyl (C=O) groups excluding carboxylic acids is 1. The maximum atomic E-state index is 12.5. The molecular formula is C21H27NO. The van der Waals surface area contributed by atoms with E-state index in [0.717, 1.165) is 23.1 Å². The van der Waals surface area contributed by atoms with Crippen molar-refractivity contribution in [2.75, 3.05) is 0 Å². The van der Waals surface area contributed by atoms with E-state index in [-0.39, 0.29) is 17.4 Å². The lowest BCUT2D eigenvalue weighted by Gasteiger charge is -2.29. The van der Waals surface area contributed by atoms with Crippen molar-refractivity contribution in [3.8, 4) is 0 Å². The Balaban J connectivity index is 2.06. The van der Waals surface area contributed by atoms with Crippen molar-refractivity contribution in [1.29, 1.82) is 0 Å². The molecule has 1 unspecified atom stereocenters. The highest BCUT2D eigenvalue weighted by Crippen LogP contribution is 2.28. The van der Waals surface area contributed by atoms with E-state index < -0.39 is 0 Å². The van der Waals surface area contributed by atoms with Gasteiger partial charge in [-0.05, 0) is 49.8 Å². The largest absolute Gasteiger partial charge is 0.350 e. The van der Waals surface area contributed by atoms with Crippen LogP contribution in [0.5, 0.6) is 0 Å². The molecule has 0 aliphatic heterocycles. The summed E-state index contributed by atoms with van der Waals surface area (Å²) < 4.78 is 0. The van der Waals surface area contributed by atoms with Crippen LogP contribution in [0.15, 0.2) is 48.5 Å². The van der Waals surface area contributed by atoms with Gasteiger partial charge in [-0.1, -0.05) is 61.9 Å². The summed E-state index contributed by atoms with van der Waals surface area (Å²) >= 11 is 0. The lowest BCUT2D eigenvalue weighted by Crippen LogP contribution is -2.37. The van der Waals surface area contributed by atoms with Crippen LogP contribution in [0, 0.1) is 13.8 Å². The van der Waals surface area contributed by atoms with E-state index in [1.807, 2.05) is 38.1 Å². The smallest absolute Gasteiger partial charge is 0.251 e. The van der Waals surface area contributed by atoms with Crippen molar-refractivity contribution in [3.63, 3.8) is 0 Å². The summed E-state index contributed by atoms with van der Waals surface area (Å²) in [4.78, 5) is 12.5. The van der Waals surface area contributed by atoms with E-state index in [1.54, 1.807) is 0 Å². The van der Waals surface area contributed by atoms with Crippen LogP contribution >= 0.6 is 0 Å². The SMILES string of the molecule is Cc1ccc(C)c(C(=O)NC(C)CC(C)(C)c2ccccc2)c1. The van der Waals surface area contributed by atoms with E-state index in [1.165, 1.54) is 5.56 Å². The topological polar surface area (TPSA) is 29.1 Å². The molecule has 2 aromatic rings. The number of hydrogen-bond acceptors (Lipinski definition) is 1. The maximum Gasteiger partial charge on any atom is 0.251 e. The van der Waals surface area contributed by atoms with Crippen molar-refractivity contribution >= 4 is 5.91 Å². The second kappa shape index (κ2) is 6.99. The molecule has 122 valence electrons. The molecule has 0 aromatic heterocycles. The Hall–Kier alpha value is -2.09. The minimum absolute atomic E-state index is 0.0163. The third kappa shape index (κ3) is 4.44. The molecule has 0 aliphatic carbocycles. The third-order valence-electron chi connectivity index (χ3n) is 4.39. The Morgan fingerprint density at radius 1 is 1.09 bits per heavy atom. The van der Waals surface area contributed by atoms with Crippen molar-refractivity contribution < 1.29 is 4.79 Å². The second-order valence-electron chi connectivity index (χ2n) is 7.15. The van der Waals surface area contributed by atoms with Crippen LogP contribution in [0.1, 0.15) is 54.2 Å². The van der Waals surface area contributed by atoms with Crippen LogP contribution in [-0.2, 0) is 5.41 Å². The van der Waals surface area contributed by atoms with Crippen LogP contribution in [-0.4, -0.2) is 11.9 Å². The number of carbonyl (C=O) groups is 1. The van der Waals surface area contributed by atoms with Gasteiger partial charge in [-0.2, -0.15) is 0 Å². The normalized spacial score (nSPS) is 12.7. The molecule has 0 radical (unpaired) electrons. The Morgan fingerprint density at radius 3 is 2.39 bits per heavy atom. The molecule has 0 heterocycles. The Kier molecular flexibility index (Phi) is 5.25. The molecule has 2 rings (SSSR count). The van der Waals surface area contributed by atoms with Gasteiger partial charge < -0.3 is 5.32 Å². The predicted octanol–water partition coefficient (Wildman–Crippen LogP) is 4.79. The van der Waals surface area contributed by atoms with E-state index in [4.69, 9.17) is 0 Å². The van der Waals surface area contributed by atoms with E-state index in [2.05, 4.69) is 50.4 Å². The van der Waals surface area contributed by atoms with Gasteiger partial charge in [-0.15, -0.1) is 0 Å².